The van der Waals surface area contributed by atoms with Crippen molar-refractivity contribution in [2.24, 2.45) is 0 Å². The second-order valence-corrected chi connectivity index (χ2v) is 12.8. The molecule has 0 aliphatic carbocycles. The van der Waals surface area contributed by atoms with Gasteiger partial charge >= 0.3 is 23.9 Å². The topological polar surface area (TPSA) is 105 Å². The third-order valence-electron chi connectivity index (χ3n) is 8.87. The molecule has 0 spiro atoms. The van der Waals surface area contributed by atoms with Crippen LogP contribution >= 0.6 is 0 Å². The first-order valence-electron chi connectivity index (χ1n) is 17.3. The maximum atomic E-state index is 14.3. The molecule has 360 valence electrons. The average Bonchev–Trinajstić information content (AvgIpc) is 3.31. The van der Waals surface area contributed by atoms with Crippen LogP contribution in [-0.4, -0.2) is 23.9 Å². The Hall–Kier alpha value is -7.68. The predicted octanol–water partition coefficient (Wildman–Crippen LogP) is 7.74. The highest BCUT2D eigenvalue weighted by molar-refractivity contribution is 6.37. The lowest BCUT2D eigenvalue weighted by atomic mass is 10.1. The van der Waals surface area contributed by atoms with Crippen molar-refractivity contribution in [3.8, 4) is 0 Å². The van der Waals surface area contributed by atoms with E-state index in [9.17, 15) is 107 Å². The molecule has 5 rings (SSSR count). The van der Waals surface area contributed by atoms with E-state index >= 15 is 0 Å². The van der Waals surface area contributed by atoms with Crippen molar-refractivity contribution in [2.75, 3.05) is 0 Å². The van der Waals surface area contributed by atoms with Gasteiger partial charge < -0.3 is 18.9 Å². The molecule has 0 bridgehead atoms. The minimum absolute atomic E-state index is 0.360. The zero-order chi connectivity index (χ0) is 51.0. The standard InChI is InChI=1S/C40H12F20O8/c41-17-11(18(42)26(50)33(57)25(17)49)5-65-37(61)15(38(62)66-6-12-19(43)27(51)34(58)28(52)20(12)44)9-1-2-10(4-3-9)16(39(63)67-7-13-21(45)29(53)35(59)30(54)22(13)46)40(64)68-8-14-23(47)31(55)36(60)32(56)24(14)48/h1-4H,5-8H2. The van der Waals surface area contributed by atoms with Crippen molar-refractivity contribution in [3.63, 3.8) is 0 Å². The van der Waals surface area contributed by atoms with Crippen LogP contribution < -0.4 is 10.4 Å². The molecule has 5 aromatic carbocycles. The fourth-order valence-corrected chi connectivity index (χ4v) is 5.39. The largest absolute Gasteiger partial charge is 0.457 e. The molecule has 0 aromatic heterocycles. The van der Waals surface area contributed by atoms with Crippen molar-refractivity contribution in [3.05, 3.63) is 173 Å². The average molecular weight is 1000 g/mol. The van der Waals surface area contributed by atoms with Crippen LogP contribution in [0, 0.1) is 116 Å². The van der Waals surface area contributed by atoms with Crippen LogP contribution in [0.1, 0.15) is 22.3 Å². The number of esters is 4. The Kier molecular flexibility index (Phi) is 15.1. The Balaban J connectivity index is 1.65. The van der Waals surface area contributed by atoms with Crippen LogP contribution in [0.25, 0.3) is 11.1 Å². The van der Waals surface area contributed by atoms with E-state index in [4.69, 9.17) is 0 Å². The van der Waals surface area contributed by atoms with Crippen molar-refractivity contribution < 1.29 is 126 Å². The van der Waals surface area contributed by atoms with Gasteiger partial charge in [0.2, 0.25) is 23.3 Å². The number of carbonyl (C=O) groups excluding carboxylic acids is 4. The first-order chi connectivity index (χ1) is 31.8. The molecule has 0 unspecified atom stereocenters. The molecule has 0 radical (unpaired) electrons. The van der Waals surface area contributed by atoms with Gasteiger partial charge in [-0.05, 0) is 10.4 Å². The number of halogens is 20. The van der Waals surface area contributed by atoms with Gasteiger partial charge in [0.25, 0.3) is 0 Å². The van der Waals surface area contributed by atoms with Crippen LogP contribution in [0.2, 0.25) is 0 Å². The Morgan fingerprint density at radius 2 is 0.382 bits per heavy atom. The second-order valence-electron chi connectivity index (χ2n) is 12.8. The van der Waals surface area contributed by atoms with Gasteiger partial charge in [-0.1, -0.05) is 24.3 Å². The van der Waals surface area contributed by atoms with Gasteiger partial charge in [0.1, 0.15) is 26.4 Å². The SMILES string of the molecule is O=C(OCc1c(F)c(F)c(F)c(F)c1F)C(C(=O)OCc1c(F)c(F)c(F)c(F)c1F)=c1ccc(=C(C(=O)OCc2c(F)c(F)c(F)c(F)c2F)C(=O)OCc2c(F)c(F)c(F)c(F)c2F)cc1. The van der Waals surface area contributed by atoms with Crippen LogP contribution in [-0.2, 0) is 64.6 Å². The molecule has 0 atom stereocenters. The van der Waals surface area contributed by atoms with Gasteiger partial charge in [-0.25, -0.2) is 107 Å². The van der Waals surface area contributed by atoms with E-state index < -0.39 is 210 Å². The highest BCUT2D eigenvalue weighted by Crippen LogP contribution is 2.28. The van der Waals surface area contributed by atoms with E-state index in [1.165, 1.54) is 0 Å². The lowest BCUT2D eigenvalue weighted by molar-refractivity contribution is -0.146. The summed E-state index contributed by atoms with van der Waals surface area (Å²) in [7, 11) is 0. The minimum Gasteiger partial charge on any atom is -0.457 e. The molecule has 0 saturated carbocycles. The van der Waals surface area contributed by atoms with E-state index in [1.807, 2.05) is 0 Å². The summed E-state index contributed by atoms with van der Waals surface area (Å²) in [6.45, 7) is -7.84. The first kappa shape index (κ1) is 51.3. The normalized spacial score (nSPS) is 11.1. The number of rotatable bonds is 12. The molecule has 0 N–H and O–H groups in total. The van der Waals surface area contributed by atoms with Crippen molar-refractivity contribution in [1.29, 1.82) is 0 Å². The first-order valence-corrected chi connectivity index (χ1v) is 17.3. The summed E-state index contributed by atoms with van der Waals surface area (Å²) < 4.78 is 297. The molecule has 0 amide bonds. The van der Waals surface area contributed by atoms with Gasteiger partial charge in [0, 0.05) is 0 Å². The van der Waals surface area contributed by atoms with Crippen molar-refractivity contribution in [2.45, 2.75) is 26.4 Å². The van der Waals surface area contributed by atoms with Crippen LogP contribution in [0.3, 0.4) is 0 Å². The van der Waals surface area contributed by atoms with Gasteiger partial charge in [0.05, 0.1) is 22.3 Å². The summed E-state index contributed by atoms with van der Waals surface area (Å²) in [5.74, 6) is -61.3. The van der Waals surface area contributed by atoms with Crippen LogP contribution in [0.15, 0.2) is 24.3 Å². The zero-order valence-corrected chi connectivity index (χ0v) is 32.0. The third kappa shape index (κ3) is 9.46. The summed E-state index contributed by atoms with van der Waals surface area (Å²) in [5.41, 5.74) is -10.9. The molecule has 0 fully saturated rings. The smallest absolute Gasteiger partial charge is 0.346 e. The molecule has 28 heteroatoms. The second kappa shape index (κ2) is 20.0. The number of hydrogen-bond donors (Lipinski definition) is 0. The summed E-state index contributed by atoms with van der Waals surface area (Å²) in [4.78, 5) is 52.9. The summed E-state index contributed by atoms with van der Waals surface area (Å²) >= 11 is 0. The third-order valence-corrected chi connectivity index (χ3v) is 8.87. The molecule has 0 aliphatic heterocycles. The van der Waals surface area contributed by atoms with E-state index in [1.54, 1.807) is 0 Å². The number of ether oxygens (including phenoxy) is 4. The van der Waals surface area contributed by atoms with E-state index in [0.717, 1.165) is 0 Å². The predicted molar refractivity (Wildman–Crippen MR) is 177 cm³/mol. The molecule has 0 saturated heterocycles. The molecule has 0 aliphatic rings. The molecule has 0 heterocycles. The monoisotopic (exact) mass is 1000 g/mol. The van der Waals surface area contributed by atoms with E-state index in [0.29, 0.717) is 24.3 Å². The highest BCUT2D eigenvalue weighted by Gasteiger charge is 2.33. The molecule has 68 heavy (non-hydrogen) atoms. The van der Waals surface area contributed by atoms with Crippen molar-refractivity contribution >= 4 is 35.0 Å². The Morgan fingerprint density at radius 3 is 0.529 bits per heavy atom. The zero-order valence-electron chi connectivity index (χ0n) is 32.0. The lowest BCUT2D eigenvalue weighted by Gasteiger charge is -2.13. The lowest BCUT2D eigenvalue weighted by Crippen LogP contribution is -2.28. The fraction of sp³-hybridized carbons (Fsp3) is 0.100. The van der Waals surface area contributed by atoms with Gasteiger partial charge in [-0.15, -0.1) is 0 Å². The molecular weight excluding hydrogens is 988 g/mol. The van der Waals surface area contributed by atoms with E-state index in [-0.39, 0.29) is 0 Å². The van der Waals surface area contributed by atoms with Crippen LogP contribution in [0.5, 0.6) is 0 Å². The Bertz CT molecular complexity index is 2600. The highest BCUT2D eigenvalue weighted by atomic mass is 19.2. The number of carbonyl (C=O) groups is 4. The molecular formula is C40H12F20O8. The maximum absolute atomic E-state index is 14.3. The quantitative estimate of drug-likeness (QED) is 0.0313. The minimum atomic E-state index is -2.70. The van der Waals surface area contributed by atoms with Gasteiger partial charge in [-0.3, -0.25) is 0 Å². The van der Waals surface area contributed by atoms with Crippen LogP contribution in [0.4, 0.5) is 87.8 Å². The molecule has 5 aromatic rings. The van der Waals surface area contributed by atoms with Gasteiger partial charge in [0.15, 0.2) is 104 Å². The van der Waals surface area contributed by atoms with Gasteiger partial charge in [-0.2, -0.15) is 0 Å². The number of hydrogen-bond acceptors (Lipinski definition) is 8. The summed E-state index contributed by atoms with van der Waals surface area (Å²) in [6.07, 6.45) is 0. The Morgan fingerprint density at radius 1 is 0.250 bits per heavy atom. The fourth-order valence-electron chi connectivity index (χ4n) is 5.39. The van der Waals surface area contributed by atoms with E-state index in [2.05, 4.69) is 18.9 Å². The van der Waals surface area contributed by atoms with Crippen molar-refractivity contribution in [1.82, 2.24) is 0 Å². The maximum Gasteiger partial charge on any atom is 0.346 e. The summed E-state index contributed by atoms with van der Waals surface area (Å²) in [5, 5.41) is -2.08. The Labute approximate surface area is 360 Å². The summed E-state index contributed by atoms with van der Waals surface area (Å²) in [6, 6.07) is 1.44. The molecule has 8 nitrogen and oxygen atoms in total. The number of benzene rings is 5.